The lowest BCUT2D eigenvalue weighted by Gasteiger charge is -2.09. The van der Waals surface area contributed by atoms with Gasteiger partial charge in [-0.25, -0.2) is 4.79 Å². The van der Waals surface area contributed by atoms with E-state index >= 15 is 0 Å². The molecule has 1 N–H and O–H groups in total. The molecule has 4 nitrogen and oxygen atoms in total. The van der Waals surface area contributed by atoms with Crippen LogP contribution in [0.3, 0.4) is 0 Å². The zero-order valence-corrected chi connectivity index (χ0v) is 14.5. The number of methoxy groups -OCH3 is 1. The molecule has 0 aromatic heterocycles. The molecule has 0 saturated heterocycles. The second-order valence-corrected chi connectivity index (χ2v) is 6.12. The molecule has 0 heterocycles. The van der Waals surface area contributed by atoms with Crippen molar-refractivity contribution in [2.75, 3.05) is 26.9 Å². The molecule has 0 aliphatic rings. The Bertz CT molecular complexity index is 449. The minimum atomic E-state index is -0.325. The molecule has 118 valence electrons. The van der Waals surface area contributed by atoms with Crippen molar-refractivity contribution in [3.63, 3.8) is 0 Å². The number of hydrogen-bond acceptors (Lipinski definition) is 4. The summed E-state index contributed by atoms with van der Waals surface area (Å²) in [6.07, 6.45) is 1.10. The maximum absolute atomic E-state index is 11.4. The number of halogens is 1. The number of esters is 1. The van der Waals surface area contributed by atoms with E-state index in [-0.39, 0.29) is 5.97 Å². The molecule has 5 heteroatoms. The maximum atomic E-state index is 11.4. The first-order valence-electron chi connectivity index (χ1n) is 7.19. The normalized spacial score (nSPS) is 10.9. The number of carbonyl (C=O) groups is 1. The van der Waals surface area contributed by atoms with Crippen LogP contribution in [-0.2, 0) is 16.0 Å². The van der Waals surface area contributed by atoms with Gasteiger partial charge >= 0.3 is 5.97 Å². The first-order valence-corrected chi connectivity index (χ1v) is 7.99. The molecule has 0 amide bonds. The summed E-state index contributed by atoms with van der Waals surface area (Å²) in [6.45, 7) is 7.45. The van der Waals surface area contributed by atoms with E-state index in [2.05, 4.69) is 35.1 Å². The quantitative estimate of drug-likeness (QED) is 0.543. The third kappa shape index (κ3) is 7.07. The Kier molecular flexibility index (Phi) is 8.57. The van der Waals surface area contributed by atoms with Crippen molar-refractivity contribution >= 4 is 21.9 Å². The highest BCUT2D eigenvalue weighted by Crippen LogP contribution is 2.19. The minimum Gasteiger partial charge on any atom is -0.465 e. The van der Waals surface area contributed by atoms with E-state index in [1.54, 1.807) is 12.1 Å². The Morgan fingerprint density at radius 2 is 2.10 bits per heavy atom. The molecular formula is C16H24BrNO3. The predicted octanol–water partition coefficient (Wildman–Crippen LogP) is 3.39. The number of carbonyl (C=O) groups excluding carboxylic acids is 1. The molecule has 0 aliphatic heterocycles. The molecule has 0 atom stereocenters. The van der Waals surface area contributed by atoms with Crippen molar-refractivity contribution in [3.05, 3.63) is 33.8 Å². The van der Waals surface area contributed by atoms with Crippen molar-refractivity contribution in [3.8, 4) is 0 Å². The molecule has 0 bridgehead atoms. The predicted molar refractivity (Wildman–Crippen MR) is 87.5 cm³/mol. The smallest absolute Gasteiger partial charge is 0.337 e. The van der Waals surface area contributed by atoms with E-state index < -0.39 is 0 Å². The van der Waals surface area contributed by atoms with Gasteiger partial charge in [0.1, 0.15) is 0 Å². The van der Waals surface area contributed by atoms with Crippen molar-refractivity contribution in [2.24, 2.45) is 5.92 Å². The summed E-state index contributed by atoms with van der Waals surface area (Å²) >= 11 is 3.48. The lowest BCUT2D eigenvalue weighted by Crippen LogP contribution is -2.20. The van der Waals surface area contributed by atoms with Crippen molar-refractivity contribution in [1.29, 1.82) is 0 Å². The topological polar surface area (TPSA) is 47.6 Å². The fraction of sp³-hybridized carbons (Fsp3) is 0.562. The zero-order valence-electron chi connectivity index (χ0n) is 12.9. The number of hydrogen-bond donors (Lipinski definition) is 1. The highest BCUT2D eigenvalue weighted by molar-refractivity contribution is 9.10. The van der Waals surface area contributed by atoms with Crippen LogP contribution >= 0.6 is 15.9 Å². The number of nitrogens with one attached hydrogen (secondary N) is 1. The fourth-order valence-electron chi connectivity index (χ4n) is 1.72. The van der Waals surface area contributed by atoms with E-state index in [9.17, 15) is 4.79 Å². The van der Waals surface area contributed by atoms with Gasteiger partial charge in [0.15, 0.2) is 0 Å². The van der Waals surface area contributed by atoms with E-state index in [4.69, 9.17) is 9.47 Å². The van der Waals surface area contributed by atoms with Crippen LogP contribution in [0.25, 0.3) is 0 Å². The largest absolute Gasteiger partial charge is 0.465 e. The number of benzene rings is 1. The highest BCUT2D eigenvalue weighted by Gasteiger charge is 2.08. The molecule has 0 spiro atoms. The third-order valence-corrected chi connectivity index (χ3v) is 3.79. The molecule has 21 heavy (non-hydrogen) atoms. The molecule has 1 aromatic carbocycles. The summed E-state index contributed by atoms with van der Waals surface area (Å²) in [7, 11) is 1.38. The Morgan fingerprint density at radius 3 is 2.71 bits per heavy atom. The van der Waals surface area contributed by atoms with E-state index in [0.29, 0.717) is 18.1 Å². The number of ether oxygens (including phenoxy) is 2. The lowest BCUT2D eigenvalue weighted by molar-refractivity contribution is 0.0600. The first-order chi connectivity index (χ1) is 10.0. The van der Waals surface area contributed by atoms with Crippen LogP contribution in [0.1, 0.15) is 36.2 Å². The summed E-state index contributed by atoms with van der Waals surface area (Å²) in [5, 5.41) is 3.32. The maximum Gasteiger partial charge on any atom is 0.337 e. The zero-order chi connectivity index (χ0) is 15.7. The summed E-state index contributed by atoms with van der Waals surface area (Å²) < 4.78 is 11.1. The summed E-state index contributed by atoms with van der Waals surface area (Å²) in [5.74, 6) is 0.357. The second-order valence-electron chi connectivity index (χ2n) is 5.27. The Labute approximate surface area is 135 Å². The summed E-state index contributed by atoms with van der Waals surface area (Å²) in [5.41, 5.74) is 1.65. The van der Waals surface area contributed by atoms with Gasteiger partial charge in [-0.15, -0.1) is 0 Å². The SMILES string of the molecule is COC(=O)c1ccc(CNCCOCCC(C)C)c(Br)c1. The standard InChI is InChI=1S/C16H24BrNO3/c1-12(2)6-8-21-9-7-18-11-14-5-4-13(10-15(14)17)16(19)20-3/h4-5,10,12,18H,6-9,11H2,1-3H3. The molecule has 1 aromatic rings. The molecule has 0 saturated carbocycles. The van der Waals surface area contributed by atoms with Crippen LogP contribution in [0.5, 0.6) is 0 Å². The van der Waals surface area contributed by atoms with Gasteiger partial charge < -0.3 is 14.8 Å². The summed E-state index contributed by atoms with van der Waals surface area (Å²) in [6, 6.07) is 5.47. The van der Waals surface area contributed by atoms with Crippen LogP contribution in [0.2, 0.25) is 0 Å². The van der Waals surface area contributed by atoms with Gasteiger partial charge in [-0.05, 0) is 30.0 Å². The Balaban J connectivity index is 2.28. The van der Waals surface area contributed by atoms with Crippen molar-refractivity contribution in [2.45, 2.75) is 26.8 Å². The van der Waals surface area contributed by atoms with Gasteiger partial charge in [0.05, 0.1) is 19.3 Å². The van der Waals surface area contributed by atoms with Gasteiger partial charge in [-0.2, -0.15) is 0 Å². The summed E-state index contributed by atoms with van der Waals surface area (Å²) in [4.78, 5) is 11.4. The van der Waals surface area contributed by atoms with Crippen LogP contribution in [0.4, 0.5) is 0 Å². The number of rotatable bonds is 9. The van der Waals surface area contributed by atoms with Crippen molar-refractivity contribution < 1.29 is 14.3 Å². The van der Waals surface area contributed by atoms with E-state index in [1.165, 1.54) is 7.11 Å². The fourth-order valence-corrected chi connectivity index (χ4v) is 2.24. The monoisotopic (exact) mass is 357 g/mol. The third-order valence-electron chi connectivity index (χ3n) is 3.05. The lowest BCUT2D eigenvalue weighted by atomic mass is 10.1. The van der Waals surface area contributed by atoms with Crippen LogP contribution < -0.4 is 5.32 Å². The molecule has 0 unspecified atom stereocenters. The van der Waals surface area contributed by atoms with Gasteiger partial charge in [0.2, 0.25) is 0 Å². The van der Waals surface area contributed by atoms with Crippen molar-refractivity contribution in [1.82, 2.24) is 5.32 Å². The average Bonchev–Trinajstić information content (AvgIpc) is 2.46. The van der Waals surface area contributed by atoms with E-state index in [1.807, 2.05) is 6.07 Å². The molecular weight excluding hydrogens is 334 g/mol. The average molecular weight is 358 g/mol. The highest BCUT2D eigenvalue weighted by atomic mass is 79.9. The van der Waals surface area contributed by atoms with Crippen LogP contribution in [0, 0.1) is 5.92 Å². The minimum absolute atomic E-state index is 0.325. The van der Waals surface area contributed by atoms with Gasteiger partial charge in [-0.3, -0.25) is 0 Å². The Hall–Kier alpha value is -0.910. The van der Waals surface area contributed by atoms with Gasteiger partial charge in [-0.1, -0.05) is 35.8 Å². The Morgan fingerprint density at radius 1 is 1.33 bits per heavy atom. The molecule has 0 aliphatic carbocycles. The van der Waals surface area contributed by atoms with E-state index in [0.717, 1.165) is 36.2 Å². The molecule has 1 rings (SSSR count). The molecule has 0 fully saturated rings. The second kappa shape index (κ2) is 9.92. The van der Waals surface area contributed by atoms with Gasteiger partial charge in [0.25, 0.3) is 0 Å². The first kappa shape index (κ1) is 18.1. The van der Waals surface area contributed by atoms with Crippen LogP contribution in [0.15, 0.2) is 22.7 Å². The van der Waals surface area contributed by atoms with Gasteiger partial charge in [0, 0.05) is 24.2 Å². The molecule has 0 radical (unpaired) electrons. The van der Waals surface area contributed by atoms with Crippen LogP contribution in [-0.4, -0.2) is 32.8 Å².